The number of esters is 1. The van der Waals surface area contributed by atoms with Crippen molar-refractivity contribution >= 4 is 23.8 Å². The third kappa shape index (κ3) is 5.79. The van der Waals surface area contributed by atoms with Crippen molar-refractivity contribution in [2.75, 3.05) is 20.2 Å². The van der Waals surface area contributed by atoms with Crippen LogP contribution in [0.5, 0.6) is 0 Å². The number of hydrogen-bond acceptors (Lipinski definition) is 5. The average Bonchev–Trinajstić information content (AvgIpc) is 2.91. The van der Waals surface area contributed by atoms with Gasteiger partial charge in [-0.2, -0.15) is 0 Å². The molecule has 1 aliphatic rings. The Hall–Kier alpha value is -2.90. The van der Waals surface area contributed by atoms with Crippen LogP contribution in [0.25, 0.3) is 0 Å². The summed E-state index contributed by atoms with van der Waals surface area (Å²) in [6, 6.07) is 6.78. The molecule has 1 aromatic rings. The van der Waals surface area contributed by atoms with Crippen LogP contribution >= 0.6 is 0 Å². The van der Waals surface area contributed by atoms with Crippen molar-refractivity contribution in [3.63, 3.8) is 0 Å². The molecule has 1 fully saturated rings. The number of benzene rings is 1. The molecule has 0 aromatic heterocycles. The first-order valence-corrected chi connectivity index (χ1v) is 9.82. The maximum atomic E-state index is 12.8. The summed E-state index contributed by atoms with van der Waals surface area (Å²) in [6.07, 6.45) is 3.64. The second-order valence-electron chi connectivity index (χ2n) is 7.40. The normalized spacial score (nSPS) is 18.5. The van der Waals surface area contributed by atoms with Crippen molar-refractivity contribution in [2.24, 2.45) is 0 Å². The number of methoxy groups -OCH3 is 1. The topological polar surface area (TPSA) is 105 Å². The van der Waals surface area contributed by atoms with Crippen molar-refractivity contribution in [3.05, 3.63) is 35.4 Å². The van der Waals surface area contributed by atoms with E-state index in [-0.39, 0.29) is 18.4 Å². The summed E-state index contributed by atoms with van der Waals surface area (Å²) in [6.45, 7) is 3.73. The minimum Gasteiger partial charge on any atom is -0.469 e. The average molecular weight is 403 g/mol. The van der Waals surface area contributed by atoms with Gasteiger partial charge >= 0.3 is 12.0 Å². The van der Waals surface area contributed by atoms with Crippen LogP contribution in [0.15, 0.2) is 24.3 Å². The lowest BCUT2D eigenvalue weighted by atomic mass is 9.91. The van der Waals surface area contributed by atoms with Gasteiger partial charge in [0.05, 0.1) is 7.11 Å². The quantitative estimate of drug-likeness (QED) is 0.353. The molecule has 1 aliphatic heterocycles. The summed E-state index contributed by atoms with van der Waals surface area (Å²) in [4.78, 5) is 49.2. The van der Waals surface area contributed by atoms with E-state index in [1.807, 2.05) is 19.1 Å². The van der Waals surface area contributed by atoms with Gasteiger partial charge in [-0.05, 0) is 32.3 Å². The van der Waals surface area contributed by atoms with Gasteiger partial charge in [0.15, 0.2) is 0 Å². The highest BCUT2D eigenvalue weighted by atomic mass is 16.5. The van der Waals surface area contributed by atoms with E-state index in [1.165, 1.54) is 7.11 Å². The van der Waals surface area contributed by atoms with Crippen molar-refractivity contribution in [2.45, 2.75) is 51.5 Å². The molecule has 1 heterocycles. The molecule has 1 aromatic carbocycles. The molecule has 0 radical (unpaired) electrons. The first-order valence-electron chi connectivity index (χ1n) is 9.82. The molecule has 0 aliphatic carbocycles. The molecule has 8 nitrogen and oxygen atoms in total. The monoisotopic (exact) mass is 403 g/mol. The van der Waals surface area contributed by atoms with E-state index >= 15 is 0 Å². The number of rotatable bonds is 10. The maximum Gasteiger partial charge on any atom is 0.325 e. The molecule has 2 rings (SSSR count). The van der Waals surface area contributed by atoms with E-state index < -0.39 is 17.5 Å². The second kappa shape index (κ2) is 10.0. The van der Waals surface area contributed by atoms with Crippen LogP contribution in [0.4, 0.5) is 4.79 Å². The fourth-order valence-corrected chi connectivity index (χ4v) is 3.20. The molecule has 0 spiro atoms. The van der Waals surface area contributed by atoms with Gasteiger partial charge in [-0.15, -0.1) is 0 Å². The second-order valence-corrected chi connectivity index (χ2v) is 7.40. The number of aryl methyl sites for hydroxylation is 1. The number of nitrogens with zero attached hydrogens (tertiary/aromatic N) is 1. The number of unbranched alkanes of at least 4 members (excludes halogenated alkanes) is 3. The van der Waals surface area contributed by atoms with Crippen molar-refractivity contribution < 1.29 is 23.9 Å². The lowest BCUT2D eigenvalue weighted by Crippen LogP contribution is -2.43. The van der Waals surface area contributed by atoms with Gasteiger partial charge in [0.1, 0.15) is 12.1 Å². The Morgan fingerprint density at radius 3 is 2.41 bits per heavy atom. The third-order valence-electron chi connectivity index (χ3n) is 5.06. The van der Waals surface area contributed by atoms with Crippen molar-refractivity contribution in [1.82, 2.24) is 15.5 Å². The Morgan fingerprint density at radius 2 is 1.76 bits per heavy atom. The summed E-state index contributed by atoms with van der Waals surface area (Å²) >= 11 is 0. The number of amides is 4. The fraction of sp³-hybridized carbons (Fsp3) is 0.524. The lowest BCUT2D eigenvalue weighted by molar-refractivity contribution is -0.140. The number of imide groups is 1. The van der Waals surface area contributed by atoms with Gasteiger partial charge in [0, 0.05) is 13.0 Å². The van der Waals surface area contributed by atoms with Crippen LogP contribution in [-0.2, 0) is 24.7 Å². The largest absolute Gasteiger partial charge is 0.469 e. The van der Waals surface area contributed by atoms with Crippen LogP contribution in [-0.4, -0.2) is 48.9 Å². The van der Waals surface area contributed by atoms with Gasteiger partial charge < -0.3 is 15.4 Å². The molecular weight excluding hydrogens is 374 g/mol. The molecule has 1 unspecified atom stereocenters. The molecule has 2 N–H and O–H groups in total. The Kier molecular flexibility index (Phi) is 7.75. The number of hydrogen-bond donors (Lipinski definition) is 2. The summed E-state index contributed by atoms with van der Waals surface area (Å²) in [5.41, 5.74) is 0.553. The van der Waals surface area contributed by atoms with Crippen molar-refractivity contribution in [3.8, 4) is 0 Å². The molecule has 4 amide bonds. The van der Waals surface area contributed by atoms with E-state index in [9.17, 15) is 19.2 Å². The van der Waals surface area contributed by atoms with Crippen LogP contribution in [0.3, 0.4) is 0 Å². The summed E-state index contributed by atoms with van der Waals surface area (Å²) < 4.78 is 4.58. The van der Waals surface area contributed by atoms with Gasteiger partial charge in [-0.25, -0.2) is 4.79 Å². The minimum atomic E-state index is -1.18. The van der Waals surface area contributed by atoms with E-state index in [1.54, 1.807) is 19.1 Å². The van der Waals surface area contributed by atoms with Crippen LogP contribution in [0.2, 0.25) is 0 Å². The number of ether oxygens (including phenoxy) is 1. The molecule has 1 atom stereocenters. The van der Waals surface area contributed by atoms with Gasteiger partial charge in [0.25, 0.3) is 5.91 Å². The van der Waals surface area contributed by atoms with Crippen LogP contribution < -0.4 is 10.6 Å². The molecule has 158 valence electrons. The molecule has 8 heteroatoms. The van der Waals surface area contributed by atoms with E-state index in [0.717, 1.165) is 36.1 Å². The highest BCUT2D eigenvalue weighted by Crippen LogP contribution is 2.28. The molecule has 29 heavy (non-hydrogen) atoms. The standard InChI is InChI=1S/C21H29N3O5/c1-15-9-11-16(12-10-15)21(2)19(27)24(20(28)23-21)14-17(25)22-13-7-5-4-6-8-18(26)29-3/h9-12H,4-8,13-14H2,1-3H3,(H,22,25)(H,23,28). The Balaban J connectivity index is 1.77. The number of carbonyl (C=O) groups is 4. The fourth-order valence-electron chi connectivity index (χ4n) is 3.20. The zero-order valence-corrected chi connectivity index (χ0v) is 17.2. The van der Waals surface area contributed by atoms with Crippen LogP contribution in [0, 0.1) is 6.92 Å². The first-order chi connectivity index (χ1) is 13.8. The highest BCUT2D eigenvalue weighted by molar-refractivity contribution is 6.09. The van der Waals surface area contributed by atoms with Crippen LogP contribution in [0.1, 0.15) is 50.2 Å². The Morgan fingerprint density at radius 1 is 1.10 bits per heavy atom. The van der Waals surface area contributed by atoms with E-state index in [0.29, 0.717) is 18.5 Å². The maximum absolute atomic E-state index is 12.8. The first kappa shape index (κ1) is 22.4. The predicted molar refractivity (Wildman–Crippen MR) is 107 cm³/mol. The minimum absolute atomic E-state index is 0.218. The van der Waals surface area contributed by atoms with Gasteiger partial charge in [0.2, 0.25) is 5.91 Å². The van der Waals surface area contributed by atoms with E-state index in [4.69, 9.17) is 0 Å². The van der Waals surface area contributed by atoms with Crippen molar-refractivity contribution in [1.29, 1.82) is 0 Å². The summed E-state index contributed by atoms with van der Waals surface area (Å²) in [5, 5.41) is 5.43. The summed E-state index contributed by atoms with van der Waals surface area (Å²) in [7, 11) is 1.37. The van der Waals surface area contributed by atoms with Gasteiger partial charge in [-0.1, -0.05) is 42.7 Å². The Bertz CT molecular complexity index is 762. The summed E-state index contributed by atoms with van der Waals surface area (Å²) in [5.74, 6) is -1.04. The SMILES string of the molecule is COC(=O)CCCCCCNC(=O)CN1C(=O)NC(C)(c2ccc(C)cc2)C1=O. The predicted octanol–water partition coefficient (Wildman–Crippen LogP) is 2.00. The lowest BCUT2D eigenvalue weighted by Gasteiger charge is -2.22. The highest BCUT2D eigenvalue weighted by Gasteiger charge is 2.49. The molecular formula is C21H29N3O5. The molecule has 1 saturated heterocycles. The number of nitrogens with one attached hydrogen (secondary N) is 2. The number of urea groups is 1. The molecule has 0 saturated carbocycles. The number of carbonyl (C=O) groups excluding carboxylic acids is 4. The van der Waals surface area contributed by atoms with E-state index in [2.05, 4.69) is 15.4 Å². The molecule has 0 bridgehead atoms. The van der Waals surface area contributed by atoms with Gasteiger partial charge in [-0.3, -0.25) is 19.3 Å². The zero-order valence-electron chi connectivity index (χ0n) is 17.2. The third-order valence-corrected chi connectivity index (χ3v) is 5.06. The smallest absolute Gasteiger partial charge is 0.325 e. The Labute approximate surface area is 171 Å². The zero-order chi connectivity index (χ0) is 21.4.